The van der Waals surface area contributed by atoms with E-state index in [4.69, 9.17) is 21.1 Å². The number of thioether (sulfide) groups is 1. The zero-order valence-electron chi connectivity index (χ0n) is 21.4. The van der Waals surface area contributed by atoms with Crippen LogP contribution in [0.5, 0.6) is 5.75 Å². The van der Waals surface area contributed by atoms with Crippen molar-refractivity contribution in [3.05, 3.63) is 50.6 Å². The van der Waals surface area contributed by atoms with Gasteiger partial charge in [0, 0.05) is 11.4 Å². The van der Waals surface area contributed by atoms with Crippen molar-refractivity contribution in [2.75, 3.05) is 17.7 Å². The molecule has 0 radical (unpaired) electrons. The molecule has 1 N–H and O–H groups in total. The van der Waals surface area contributed by atoms with Gasteiger partial charge in [0.2, 0.25) is 5.91 Å². The second-order valence-corrected chi connectivity index (χ2v) is 11.4. The molecule has 11 heteroatoms. The number of esters is 1. The second-order valence-electron chi connectivity index (χ2n) is 8.98. The Morgan fingerprint density at radius 3 is 2.86 bits per heavy atom. The van der Waals surface area contributed by atoms with Gasteiger partial charge >= 0.3 is 5.97 Å². The van der Waals surface area contributed by atoms with Crippen LogP contribution in [-0.4, -0.2) is 39.0 Å². The van der Waals surface area contributed by atoms with Gasteiger partial charge < -0.3 is 19.4 Å². The largest absolute Gasteiger partial charge is 0.484 e. The number of aryl methyl sites for hydroxylation is 1. The molecule has 0 saturated carbocycles. The molecule has 0 saturated heterocycles. The summed E-state index contributed by atoms with van der Waals surface area (Å²) >= 11 is 9.01. The van der Waals surface area contributed by atoms with Crippen molar-refractivity contribution in [3.8, 4) is 5.75 Å². The van der Waals surface area contributed by atoms with Crippen LogP contribution in [0.4, 0.5) is 5.00 Å². The highest BCUT2D eigenvalue weighted by molar-refractivity contribution is 7.99. The number of ether oxygens (including phenoxy) is 2. The number of fused-ring (bicyclic) bond motifs is 1. The molecule has 37 heavy (non-hydrogen) atoms. The topological polar surface area (TPSA) is 95.3 Å². The fourth-order valence-electron chi connectivity index (χ4n) is 4.26. The fraction of sp³-hybridized carbons (Fsp3) is 0.462. The lowest BCUT2D eigenvalue weighted by Crippen LogP contribution is -2.18. The minimum atomic E-state index is -0.374. The van der Waals surface area contributed by atoms with Crippen LogP contribution in [-0.2, 0) is 35.5 Å². The fourth-order valence-corrected chi connectivity index (χ4v) is 6.67. The molecule has 0 spiro atoms. The molecule has 1 aromatic carbocycles. The van der Waals surface area contributed by atoms with Crippen LogP contribution in [0.25, 0.3) is 0 Å². The smallest absolute Gasteiger partial charge is 0.341 e. The van der Waals surface area contributed by atoms with Crippen LogP contribution in [0.2, 0.25) is 5.02 Å². The number of carbonyl (C=O) groups excluding carboxylic acids is 2. The first-order valence-electron chi connectivity index (χ1n) is 12.4. The van der Waals surface area contributed by atoms with E-state index in [0.29, 0.717) is 44.8 Å². The van der Waals surface area contributed by atoms with Crippen molar-refractivity contribution in [1.29, 1.82) is 0 Å². The van der Waals surface area contributed by atoms with Crippen molar-refractivity contribution >= 4 is 51.6 Å². The first kappa shape index (κ1) is 27.5. The summed E-state index contributed by atoms with van der Waals surface area (Å²) in [5, 5.41) is 13.2. The summed E-state index contributed by atoms with van der Waals surface area (Å²) in [7, 11) is 0. The monoisotopic (exact) mass is 562 g/mol. The molecule has 8 nitrogen and oxygen atoms in total. The zero-order chi connectivity index (χ0) is 26.5. The zero-order valence-corrected chi connectivity index (χ0v) is 23.8. The molecule has 2 aromatic heterocycles. The maximum Gasteiger partial charge on any atom is 0.341 e. The summed E-state index contributed by atoms with van der Waals surface area (Å²) in [6, 6.07) is 5.60. The number of amides is 1. The highest BCUT2D eigenvalue weighted by Crippen LogP contribution is 2.40. The van der Waals surface area contributed by atoms with E-state index < -0.39 is 0 Å². The van der Waals surface area contributed by atoms with Gasteiger partial charge in [-0.3, -0.25) is 4.79 Å². The van der Waals surface area contributed by atoms with Crippen LogP contribution in [0.1, 0.15) is 59.4 Å². The summed E-state index contributed by atoms with van der Waals surface area (Å²) in [5.41, 5.74) is 2.58. The van der Waals surface area contributed by atoms with Crippen LogP contribution in [0.3, 0.4) is 0 Å². The van der Waals surface area contributed by atoms with Gasteiger partial charge in [0.25, 0.3) is 0 Å². The molecule has 198 valence electrons. The Morgan fingerprint density at radius 1 is 1.30 bits per heavy atom. The minimum Gasteiger partial charge on any atom is -0.484 e. The standard InChI is InChI=1S/C26H31ClN4O4S2/c1-5-31-21(13-35-19-11-15(3)8-10-18(19)27)29-30-26(31)36-14-22(32)28-24-23(25(33)34-6-2)17-9-7-16(4)12-20(17)37-24/h8,10-11,16H,5-7,9,12-14H2,1-4H3,(H,28,32). The summed E-state index contributed by atoms with van der Waals surface area (Å²) in [6.45, 7) is 9.07. The average Bonchev–Trinajstić information content (AvgIpc) is 3.43. The van der Waals surface area contributed by atoms with Crippen molar-refractivity contribution in [1.82, 2.24) is 14.8 Å². The summed E-state index contributed by atoms with van der Waals surface area (Å²) in [6.07, 6.45) is 2.76. The Bertz CT molecular complexity index is 1290. The third-order valence-electron chi connectivity index (χ3n) is 6.13. The lowest BCUT2D eigenvalue weighted by Gasteiger charge is -2.18. The molecule has 2 heterocycles. The molecule has 1 amide bonds. The van der Waals surface area contributed by atoms with E-state index in [2.05, 4.69) is 22.4 Å². The third kappa shape index (κ3) is 6.48. The number of thiophene rings is 1. The number of carbonyl (C=O) groups is 2. The number of benzene rings is 1. The van der Waals surface area contributed by atoms with E-state index in [1.165, 1.54) is 23.1 Å². The third-order valence-corrected chi connectivity index (χ3v) is 8.58. The maximum atomic E-state index is 12.9. The van der Waals surface area contributed by atoms with E-state index >= 15 is 0 Å². The van der Waals surface area contributed by atoms with Crippen LogP contribution in [0, 0.1) is 12.8 Å². The predicted molar refractivity (Wildman–Crippen MR) is 147 cm³/mol. The van der Waals surface area contributed by atoms with Crippen molar-refractivity contribution in [3.63, 3.8) is 0 Å². The van der Waals surface area contributed by atoms with Gasteiger partial charge in [-0.2, -0.15) is 0 Å². The number of aromatic nitrogens is 3. The molecular weight excluding hydrogens is 532 g/mol. The van der Waals surface area contributed by atoms with Gasteiger partial charge in [-0.1, -0.05) is 36.4 Å². The van der Waals surface area contributed by atoms with Gasteiger partial charge in [0.1, 0.15) is 17.4 Å². The lowest BCUT2D eigenvalue weighted by molar-refractivity contribution is -0.113. The Balaban J connectivity index is 1.42. The van der Waals surface area contributed by atoms with Crippen LogP contribution < -0.4 is 10.1 Å². The molecule has 3 aromatic rings. The number of halogens is 1. The Labute approximate surface area is 230 Å². The number of hydrogen-bond acceptors (Lipinski definition) is 8. The summed E-state index contributed by atoms with van der Waals surface area (Å²) in [5.74, 6) is 1.34. The SMILES string of the molecule is CCOC(=O)c1c(NC(=O)CSc2nnc(COc3cc(C)ccc3Cl)n2CC)sc2c1CCC(C)C2. The highest BCUT2D eigenvalue weighted by Gasteiger charge is 2.29. The minimum absolute atomic E-state index is 0.129. The molecule has 0 fully saturated rings. The predicted octanol–water partition coefficient (Wildman–Crippen LogP) is 5.93. The van der Waals surface area contributed by atoms with Crippen molar-refractivity contribution in [2.45, 2.75) is 65.3 Å². The maximum absolute atomic E-state index is 12.9. The molecule has 4 rings (SSSR count). The van der Waals surface area contributed by atoms with E-state index in [0.717, 1.165) is 35.3 Å². The summed E-state index contributed by atoms with van der Waals surface area (Å²) < 4.78 is 13.1. The first-order chi connectivity index (χ1) is 17.8. The Morgan fingerprint density at radius 2 is 2.11 bits per heavy atom. The second kappa shape index (κ2) is 12.3. The van der Waals surface area contributed by atoms with Gasteiger partial charge in [0.15, 0.2) is 11.0 Å². The quantitative estimate of drug-likeness (QED) is 0.241. The lowest BCUT2D eigenvalue weighted by atomic mass is 9.88. The Kier molecular flexibility index (Phi) is 9.15. The van der Waals surface area contributed by atoms with Crippen molar-refractivity contribution < 1.29 is 19.1 Å². The number of hydrogen-bond donors (Lipinski definition) is 1. The Hall–Kier alpha value is -2.56. The molecule has 1 atom stereocenters. The van der Waals surface area contributed by atoms with E-state index in [1.807, 2.05) is 30.5 Å². The highest BCUT2D eigenvalue weighted by atomic mass is 35.5. The molecular formula is C26H31ClN4O4S2. The molecule has 1 unspecified atom stereocenters. The molecule has 0 bridgehead atoms. The van der Waals surface area contributed by atoms with Crippen molar-refractivity contribution in [2.24, 2.45) is 5.92 Å². The van der Waals surface area contributed by atoms with Gasteiger partial charge in [-0.05, 0) is 69.2 Å². The number of rotatable bonds is 10. The van der Waals surface area contributed by atoms with E-state index in [-0.39, 0.29) is 30.8 Å². The molecule has 0 aliphatic heterocycles. The molecule has 1 aliphatic carbocycles. The number of nitrogens with one attached hydrogen (secondary N) is 1. The average molecular weight is 563 g/mol. The summed E-state index contributed by atoms with van der Waals surface area (Å²) in [4.78, 5) is 26.8. The number of nitrogens with zero attached hydrogens (tertiary/aromatic N) is 3. The number of anilines is 1. The van der Waals surface area contributed by atoms with Crippen LogP contribution in [0.15, 0.2) is 23.4 Å². The molecule has 1 aliphatic rings. The van der Waals surface area contributed by atoms with Crippen LogP contribution >= 0.6 is 34.7 Å². The van der Waals surface area contributed by atoms with Gasteiger partial charge in [-0.15, -0.1) is 21.5 Å². The van der Waals surface area contributed by atoms with Gasteiger partial charge in [-0.25, -0.2) is 4.79 Å². The normalized spacial score (nSPS) is 14.8. The van der Waals surface area contributed by atoms with E-state index in [1.54, 1.807) is 13.0 Å². The first-order valence-corrected chi connectivity index (χ1v) is 14.5. The van der Waals surface area contributed by atoms with E-state index in [9.17, 15) is 9.59 Å². The van der Waals surface area contributed by atoms with Gasteiger partial charge in [0.05, 0.1) is 22.9 Å².